The van der Waals surface area contributed by atoms with E-state index in [4.69, 9.17) is 9.47 Å². The van der Waals surface area contributed by atoms with Crippen molar-refractivity contribution in [3.05, 3.63) is 64.4 Å². The van der Waals surface area contributed by atoms with Crippen LogP contribution < -0.4 is 14.2 Å². The highest BCUT2D eigenvalue weighted by Gasteiger charge is 2.33. The second-order valence-electron chi connectivity index (χ2n) is 6.17. The highest BCUT2D eigenvalue weighted by atomic mass is 32.2. The smallest absolute Gasteiger partial charge is 0.416 e. The minimum absolute atomic E-state index is 0.154. The maximum absolute atomic E-state index is 13.3. The van der Waals surface area contributed by atoms with Crippen LogP contribution >= 0.6 is 11.3 Å². The van der Waals surface area contributed by atoms with Crippen LogP contribution in [0.1, 0.15) is 15.2 Å². The summed E-state index contributed by atoms with van der Waals surface area (Å²) in [5.74, 6) is -0.663. The third-order valence-electron chi connectivity index (χ3n) is 4.13. The molecule has 0 spiro atoms. The average Bonchev–Trinajstić information content (AvgIpc) is 3.25. The third-order valence-corrected chi connectivity index (χ3v) is 6.56. The molecule has 1 aromatic heterocycles. The number of methoxy groups -OCH3 is 2. The second-order valence-corrected chi connectivity index (χ2v) is 8.74. The Balaban J connectivity index is 2.07. The van der Waals surface area contributed by atoms with Gasteiger partial charge in [0.1, 0.15) is 9.77 Å². The molecule has 0 saturated heterocycles. The molecule has 1 N–H and O–H groups in total. The van der Waals surface area contributed by atoms with Crippen LogP contribution in [-0.4, -0.2) is 28.6 Å². The molecule has 3 rings (SSSR count). The SMILES string of the molecule is COC(=O)c1sccc1S(=O)(=O)Nc1cc(C(F)(F)F)ccc1Oc1ccccc1OC. The zero-order valence-electron chi connectivity index (χ0n) is 16.6. The van der Waals surface area contributed by atoms with Crippen molar-refractivity contribution in [2.75, 3.05) is 18.9 Å². The zero-order valence-corrected chi connectivity index (χ0v) is 18.2. The van der Waals surface area contributed by atoms with Crippen molar-refractivity contribution in [2.24, 2.45) is 0 Å². The summed E-state index contributed by atoms with van der Waals surface area (Å²) in [7, 11) is -2.01. The lowest BCUT2D eigenvalue weighted by molar-refractivity contribution is -0.137. The van der Waals surface area contributed by atoms with Gasteiger partial charge in [0.25, 0.3) is 10.0 Å². The van der Waals surface area contributed by atoms with E-state index in [2.05, 4.69) is 9.46 Å². The van der Waals surface area contributed by atoms with E-state index in [1.807, 2.05) is 0 Å². The van der Waals surface area contributed by atoms with E-state index >= 15 is 0 Å². The summed E-state index contributed by atoms with van der Waals surface area (Å²) in [6.07, 6.45) is -4.73. The predicted octanol–water partition coefficient (Wildman–Crippen LogP) is 5.16. The first-order valence-corrected chi connectivity index (χ1v) is 11.1. The van der Waals surface area contributed by atoms with Gasteiger partial charge < -0.3 is 14.2 Å². The molecule has 0 amide bonds. The number of para-hydroxylation sites is 2. The molecule has 170 valence electrons. The van der Waals surface area contributed by atoms with E-state index in [0.717, 1.165) is 36.6 Å². The first-order valence-electron chi connectivity index (χ1n) is 8.77. The summed E-state index contributed by atoms with van der Waals surface area (Å²) in [5, 5.41) is 1.35. The maximum atomic E-state index is 13.3. The Morgan fingerprint density at radius 1 is 1.00 bits per heavy atom. The Morgan fingerprint density at radius 2 is 1.69 bits per heavy atom. The van der Waals surface area contributed by atoms with Crippen molar-refractivity contribution in [1.29, 1.82) is 0 Å². The van der Waals surface area contributed by atoms with Crippen LogP contribution in [-0.2, 0) is 20.9 Å². The molecule has 7 nitrogen and oxygen atoms in total. The number of ether oxygens (including phenoxy) is 3. The number of alkyl halides is 3. The Labute approximate surface area is 185 Å². The van der Waals surface area contributed by atoms with Gasteiger partial charge in [-0.15, -0.1) is 11.3 Å². The molecular weight excluding hydrogens is 471 g/mol. The number of hydrogen-bond acceptors (Lipinski definition) is 7. The minimum Gasteiger partial charge on any atom is -0.493 e. The zero-order chi connectivity index (χ0) is 23.5. The van der Waals surface area contributed by atoms with E-state index in [9.17, 15) is 26.4 Å². The summed E-state index contributed by atoms with van der Waals surface area (Å²) in [5.41, 5.74) is -1.58. The van der Waals surface area contributed by atoms with Crippen molar-refractivity contribution in [2.45, 2.75) is 11.1 Å². The van der Waals surface area contributed by atoms with Crippen LogP contribution in [0.4, 0.5) is 18.9 Å². The van der Waals surface area contributed by atoms with Gasteiger partial charge in [-0.3, -0.25) is 4.72 Å². The molecule has 0 saturated carbocycles. The van der Waals surface area contributed by atoms with Gasteiger partial charge >= 0.3 is 12.1 Å². The molecule has 3 aromatic rings. The van der Waals surface area contributed by atoms with Crippen LogP contribution in [0.2, 0.25) is 0 Å². The van der Waals surface area contributed by atoms with Gasteiger partial charge in [-0.25, -0.2) is 13.2 Å². The van der Waals surface area contributed by atoms with Crippen LogP contribution in [0.3, 0.4) is 0 Å². The average molecular weight is 487 g/mol. The molecule has 0 aliphatic heterocycles. The largest absolute Gasteiger partial charge is 0.493 e. The van der Waals surface area contributed by atoms with Gasteiger partial charge in [0, 0.05) is 0 Å². The number of benzene rings is 2. The first-order chi connectivity index (χ1) is 15.1. The molecule has 0 bridgehead atoms. The number of hydrogen-bond donors (Lipinski definition) is 1. The lowest BCUT2D eigenvalue weighted by atomic mass is 10.2. The lowest BCUT2D eigenvalue weighted by Crippen LogP contribution is -2.17. The number of nitrogens with one attached hydrogen (secondary N) is 1. The lowest BCUT2D eigenvalue weighted by Gasteiger charge is -2.17. The van der Waals surface area contributed by atoms with Gasteiger partial charge in [0.15, 0.2) is 17.2 Å². The van der Waals surface area contributed by atoms with Crippen LogP contribution in [0.5, 0.6) is 17.2 Å². The topological polar surface area (TPSA) is 90.9 Å². The standard InChI is InChI=1S/C20H16F3NO6S2/c1-28-15-5-3-4-6-16(15)30-14-8-7-12(20(21,22)23)11-13(14)24-32(26,27)17-9-10-31-18(17)19(25)29-2/h3-11,24H,1-2H3. The van der Waals surface area contributed by atoms with Gasteiger partial charge in [-0.1, -0.05) is 12.1 Å². The van der Waals surface area contributed by atoms with Crippen LogP contribution in [0, 0.1) is 0 Å². The molecule has 0 aliphatic carbocycles. The van der Waals surface area contributed by atoms with E-state index in [-0.39, 0.29) is 22.1 Å². The number of esters is 1. The summed E-state index contributed by atoms with van der Waals surface area (Å²) in [6.45, 7) is 0. The Bertz CT molecular complexity index is 1240. The third kappa shape index (κ3) is 4.97. The maximum Gasteiger partial charge on any atom is 0.416 e. The Kier molecular flexibility index (Phi) is 6.65. The van der Waals surface area contributed by atoms with Gasteiger partial charge in [0.2, 0.25) is 0 Å². The predicted molar refractivity (Wildman–Crippen MR) is 111 cm³/mol. The van der Waals surface area contributed by atoms with E-state index in [1.54, 1.807) is 18.2 Å². The molecule has 1 heterocycles. The van der Waals surface area contributed by atoms with Gasteiger partial charge in [0.05, 0.1) is 25.5 Å². The normalized spacial score (nSPS) is 11.7. The molecule has 2 aromatic carbocycles. The summed E-state index contributed by atoms with van der Waals surface area (Å²) >= 11 is 0.817. The fourth-order valence-corrected chi connectivity index (χ4v) is 5.04. The van der Waals surface area contributed by atoms with Gasteiger partial charge in [-0.05, 0) is 41.8 Å². The van der Waals surface area contributed by atoms with Crippen molar-refractivity contribution in [1.82, 2.24) is 0 Å². The number of anilines is 1. The monoisotopic (exact) mass is 487 g/mol. The Hall–Kier alpha value is -3.25. The van der Waals surface area contributed by atoms with Gasteiger partial charge in [-0.2, -0.15) is 13.2 Å². The van der Waals surface area contributed by atoms with E-state index in [0.29, 0.717) is 6.07 Å². The fraction of sp³-hybridized carbons (Fsp3) is 0.150. The molecule has 32 heavy (non-hydrogen) atoms. The summed E-state index contributed by atoms with van der Waals surface area (Å²) in [6, 6.07) is 9.84. The van der Waals surface area contributed by atoms with E-state index in [1.165, 1.54) is 18.6 Å². The molecule has 12 heteroatoms. The number of halogens is 3. The second kappa shape index (κ2) is 9.09. The Morgan fingerprint density at radius 3 is 2.31 bits per heavy atom. The quantitative estimate of drug-likeness (QED) is 0.463. The highest BCUT2D eigenvalue weighted by molar-refractivity contribution is 7.93. The van der Waals surface area contributed by atoms with E-state index < -0.39 is 38.3 Å². The molecule has 0 unspecified atom stereocenters. The molecule has 0 fully saturated rings. The molecular formula is C20H16F3NO6S2. The van der Waals surface area contributed by atoms with Crippen molar-refractivity contribution in [3.63, 3.8) is 0 Å². The number of carbonyl (C=O) groups excluding carboxylic acids is 1. The summed E-state index contributed by atoms with van der Waals surface area (Å²) in [4.78, 5) is 11.2. The highest BCUT2D eigenvalue weighted by Crippen LogP contribution is 2.40. The molecule has 0 aliphatic rings. The van der Waals surface area contributed by atoms with Crippen molar-refractivity contribution in [3.8, 4) is 17.2 Å². The summed E-state index contributed by atoms with van der Waals surface area (Å²) < 4.78 is 83.1. The number of sulfonamides is 1. The number of carbonyl (C=O) groups is 1. The van der Waals surface area contributed by atoms with Crippen molar-refractivity contribution < 1.29 is 40.6 Å². The number of rotatable bonds is 7. The molecule has 0 radical (unpaired) electrons. The minimum atomic E-state index is -4.73. The molecule has 0 atom stereocenters. The number of thiophene rings is 1. The van der Waals surface area contributed by atoms with Crippen molar-refractivity contribution >= 4 is 33.0 Å². The fourth-order valence-electron chi connectivity index (χ4n) is 2.65. The van der Waals surface area contributed by atoms with Crippen LogP contribution in [0.25, 0.3) is 0 Å². The first kappa shape index (κ1) is 23.4. The van der Waals surface area contributed by atoms with Crippen LogP contribution in [0.15, 0.2) is 58.8 Å².